The predicted octanol–water partition coefficient (Wildman–Crippen LogP) is 2.12. The van der Waals surface area contributed by atoms with Crippen LogP contribution in [-0.2, 0) is 6.61 Å². The third-order valence-corrected chi connectivity index (χ3v) is 3.88. The highest BCUT2D eigenvalue weighted by Gasteiger charge is 2.18. The summed E-state index contributed by atoms with van der Waals surface area (Å²) in [6.45, 7) is 4.57. The lowest BCUT2D eigenvalue weighted by Gasteiger charge is -2.33. The van der Waals surface area contributed by atoms with Crippen LogP contribution in [0.25, 0.3) is 0 Å². The average molecular weight is 223 g/mol. The zero-order chi connectivity index (χ0) is 10.7. The first-order valence-electron chi connectivity index (χ1n) is 5.36. The molecule has 1 saturated heterocycles. The Morgan fingerprint density at radius 2 is 2.27 bits per heavy atom. The van der Waals surface area contributed by atoms with Crippen LogP contribution in [-0.4, -0.2) is 29.2 Å². The molecule has 15 heavy (non-hydrogen) atoms. The van der Waals surface area contributed by atoms with E-state index in [1.807, 2.05) is 30.0 Å². The molecule has 3 heteroatoms. The van der Waals surface area contributed by atoms with E-state index in [1.165, 1.54) is 11.4 Å². The highest BCUT2D eigenvalue weighted by molar-refractivity contribution is 8.00. The summed E-state index contributed by atoms with van der Waals surface area (Å²) in [4.78, 5) is 2.38. The molecule has 0 bridgehead atoms. The van der Waals surface area contributed by atoms with E-state index in [0.717, 1.165) is 18.7 Å². The van der Waals surface area contributed by atoms with Crippen LogP contribution in [0.2, 0.25) is 0 Å². The Hall–Kier alpha value is -0.670. The zero-order valence-electron chi connectivity index (χ0n) is 9.02. The van der Waals surface area contributed by atoms with Gasteiger partial charge in [-0.15, -0.1) is 0 Å². The molecular weight excluding hydrogens is 206 g/mol. The van der Waals surface area contributed by atoms with E-state index in [0.29, 0.717) is 5.25 Å². The summed E-state index contributed by atoms with van der Waals surface area (Å²) < 4.78 is 0. The molecule has 1 aromatic rings. The zero-order valence-corrected chi connectivity index (χ0v) is 9.83. The molecule has 2 nitrogen and oxygen atoms in total. The first-order chi connectivity index (χ1) is 7.31. The van der Waals surface area contributed by atoms with E-state index >= 15 is 0 Å². The summed E-state index contributed by atoms with van der Waals surface area (Å²) >= 11 is 2.03. The van der Waals surface area contributed by atoms with Gasteiger partial charge in [0.05, 0.1) is 6.61 Å². The maximum atomic E-state index is 9.28. The Morgan fingerprint density at radius 1 is 1.47 bits per heavy atom. The van der Waals surface area contributed by atoms with Crippen molar-refractivity contribution in [1.82, 2.24) is 0 Å². The highest BCUT2D eigenvalue weighted by Crippen LogP contribution is 2.26. The van der Waals surface area contributed by atoms with E-state index in [2.05, 4.69) is 17.9 Å². The molecule has 82 valence electrons. The standard InChI is InChI=1S/C12H17NOS/c1-10-8-13(6-7-15-10)12-5-3-2-4-11(12)9-14/h2-5,10,14H,6-9H2,1H3. The topological polar surface area (TPSA) is 23.5 Å². The number of benzene rings is 1. The summed E-state index contributed by atoms with van der Waals surface area (Å²) in [5.74, 6) is 1.18. The van der Waals surface area contributed by atoms with Gasteiger partial charge in [-0.1, -0.05) is 25.1 Å². The number of rotatable bonds is 2. The third-order valence-electron chi connectivity index (χ3n) is 2.74. The molecule has 2 rings (SSSR count). The van der Waals surface area contributed by atoms with Gasteiger partial charge in [0.2, 0.25) is 0 Å². The number of hydrogen-bond donors (Lipinski definition) is 1. The largest absolute Gasteiger partial charge is 0.392 e. The van der Waals surface area contributed by atoms with E-state index in [4.69, 9.17) is 0 Å². The van der Waals surface area contributed by atoms with Crippen molar-refractivity contribution in [2.24, 2.45) is 0 Å². The highest BCUT2D eigenvalue weighted by atomic mass is 32.2. The van der Waals surface area contributed by atoms with Crippen molar-refractivity contribution < 1.29 is 5.11 Å². The van der Waals surface area contributed by atoms with Crippen molar-refractivity contribution in [3.63, 3.8) is 0 Å². The van der Waals surface area contributed by atoms with Gasteiger partial charge in [-0.05, 0) is 6.07 Å². The van der Waals surface area contributed by atoms with Crippen molar-refractivity contribution in [2.75, 3.05) is 23.7 Å². The third kappa shape index (κ3) is 2.47. The number of thioether (sulfide) groups is 1. The van der Waals surface area contributed by atoms with Crippen molar-refractivity contribution in [1.29, 1.82) is 0 Å². The van der Waals surface area contributed by atoms with Crippen LogP contribution in [0.15, 0.2) is 24.3 Å². The maximum Gasteiger partial charge on any atom is 0.0702 e. The van der Waals surface area contributed by atoms with Crippen LogP contribution in [0.1, 0.15) is 12.5 Å². The Labute approximate surface area is 95.3 Å². The minimum absolute atomic E-state index is 0.133. The molecule has 0 amide bonds. The van der Waals surface area contributed by atoms with Crippen LogP contribution in [0.4, 0.5) is 5.69 Å². The molecule has 1 fully saturated rings. The lowest BCUT2D eigenvalue weighted by atomic mass is 10.1. The fraction of sp³-hybridized carbons (Fsp3) is 0.500. The second-order valence-electron chi connectivity index (χ2n) is 3.91. The summed E-state index contributed by atoms with van der Waals surface area (Å²) in [6, 6.07) is 8.13. The maximum absolute atomic E-state index is 9.28. The monoisotopic (exact) mass is 223 g/mol. The molecular formula is C12H17NOS. The van der Waals surface area contributed by atoms with Crippen molar-refractivity contribution in [3.8, 4) is 0 Å². The van der Waals surface area contributed by atoms with Crippen LogP contribution in [0, 0.1) is 0 Å². The quantitative estimate of drug-likeness (QED) is 0.831. The smallest absolute Gasteiger partial charge is 0.0702 e. The number of para-hydroxylation sites is 1. The summed E-state index contributed by atoms with van der Waals surface area (Å²) in [6.07, 6.45) is 0. The predicted molar refractivity (Wildman–Crippen MR) is 66.5 cm³/mol. The molecule has 1 aliphatic rings. The normalized spacial score (nSPS) is 21.7. The van der Waals surface area contributed by atoms with Crippen LogP contribution in [0.5, 0.6) is 0 Å². The molecule has 0 aliphatic carbocycles. The average Bonchev–Trinajstić information content (AvgIpc) is 2.29. The number of aliphatic hydroxyl groups excluding tert-OH is 1. The van der Waals surface area contributed by atoms with Crippen molar-refractivity contribution in [2.45, 2.75) is 18.8 Å². The second kappa shape index (κ2) is 4.90. The summed E-state index contributed by atoms with van der Waals surface area (Å²) in [5.41, 5.74) is 2.24. The number of nitrogens with zero attached hydrogens (tertiary/aromatic N) is 1. The lowest BCUT2D eigenvalue weighted by molar-refractivity contribution is 0.282. The van der Waals surface area contributed by atoms with Gasteiger partial charge in [-0.2, -0.15) is 11.8 Å². The van der Waals surface area contributed by atoms with Crippen molar-refractivity contribution in [3.05, 3.63) is 29.8 Å². The summed E-state index contributed by atoms with van der Waals surface area (Å²) in [5, 5.41) is 9.97. The van der Waals surface area contributed by atoms with E-state index in [-0.39, 0.29) is 6.61 Å². The fourth-order valence-corrected chi connectivity index (χ4v) is 3.00. The minimum atomic E-state index is 0.133. The van der Waals surface area contributed by atoms with Gasteiger partial charge in [0.25, 0.3) is 0 Å². The lowest BCUT2D eigenvalue weighted by Crippen LogP contribution is -2.37. The van der Waals surface area contributed by atoms with E-state index < -0.39 is 0 Å². The number of anilines is 1. The van der Waals surface area contributed by atoms with E-state index in [9.17, 15) is 5.11 Å². The Bertz CT molecular complexity index is 329. The minimum Gasteiger partial charge on any atom is -0.392 e. The molecule has 1 atom stereocenters. The van der Waals surface area contributed by atoms with Gasteiger partial charge < -0.3 is 10.0 Å². The molecule has 1 aromatic carbocycles. The first kappa shape index (κ1) is 10.8. The van der Waals surface area contributed by atoms with Gasteiger partial charge >= 0.3 is 0 Å². The van der Waals surface area contributed by atoms with Gasteiger partial charge in [0.15, 0.2) is 0 Å². The van der Waals surface area contributed by atoms with Gasteiger partial charge in [0, 0.05) is 35.3 Å². The second-order valence-corrected chi connectivity index (χ2v) is 5.46. The van der Waals surface area contributed by atoms with Crippen molar-refractivity contribution >= 4 is 17.4 Å². The Kier molecular flexibility index (Phi) is 3.54. The Balaban J connectivity index is 2.20. The molecule has 1 heterocycles. The molecule has 1 N–H and O–H groups in total. The summed E-state index contributed by atoms with van der Waals surface area (Å²) in [7, 11) is 0. The number of aliphatic hydroxyl groups is 1. The molecule has 0 spiro atoms. The van der Waals surface area contributed by atoms with Crippen LogP contribution >= 0.6 is 11.8 Å². The molecule has 0 aromatic heterocycles. The Morgan fingerprint density at radius 3 is 3.00 bits per heavy atom. The van der Waals surface area contributed by atoms with Gasteiger partial charge in [-0.3, -0.25) is 0 Å². The van der Waals surface area contributed by atoms with Gasteiger partial charge in [-0.25, -0.2) is 0 Å². The molecule has 1 unspecified atom stereocenters. The molecule has 0 radical (unpaired) electrons. The fourth-order valence-electron chi connectivity index (χ4n) is 1.99. The first-order valence-corrected chi connectivity index (χ1v) is 6.41. The molecule has 1 aliphatic heterocycles. The van der Waals surface area contributed by atoms with Crippen LogP contribution < -0.4 is 4.90 Å². The number of hydrogen-bond acceptors (Lipinski definition) is 3. The molecule has 0 saturated carbocycles. The SMILES string of the molecule is CC1CN(c2ccccc2CO)CCS1. The van der Waals surface area contributed by atoms with E-state index in [1.54, 1.807) is 0 Å². The van der Waals surface area contributed by atoms with Gasteiger partial charge in [0.1, 0.15) is 0 Å². The van der Waals surface area contributed by atoms with Crippen LogP contribution in [0.3, 0.4) is 0 Å².